The van der Waals surface area contributed by atoms with Crippen molar-refractivity contribution in [2.75, 3.05) is 0 Å². The first-order valence-electron chi connectivity index (χ1n) is 4.63. The van der Waals surface area contributed by atoms with Crippen LogP contribution in [0, 0.1) is 6.92 Å². The predicted octanol–water partition coefficient (Wildman–Crippen LogP) is 0.774. The lowest BCUT2D eigenvalue weighted by atomic mass is 10.0. The van der Waals surface area contributed by atoms with Gasteiger partial charge in [0.15, 0.2) is 0 Å². The maximum absolute atomic E-state index is 10.6. The normalized spacial score (nSPS) is 12.4. The smallest absolute Gasteiger partial charge is 0.246 e. The van der Waals surface area contributed by atoms with E-state index in [4.69, 9.17) is 5.73 Å². The van der Waals surface area contributed by atoms with E-state index in [1.54, 1.807) is 0 Å². The molecular formula is C11H15NO2. The lowest BCUT2D eigenvalue weighted by molar-refractivity contribution is -0.126. The molecule has 0 saturated carbocycles. The van der Waals surface area contributed by atoms with E-state index in [0.29, 0.717) is 12.8 Å². The number of carbonyl (C=O) groups excluding carboxylic acids is 1. The molecule has 0 bridgehead atoms. The largest absolute Gasteiger partial charge is 0.383 e. The molecule has 3 N–H and O–H groups in total. The van der Waals surface area contributed by atoms with Crippen molar-refractivity contribution in [1.82, 2.24) is 0 Å². The Morgan fingerprint density at radius 2 is 2.14 bits per heavy atom. The number of rotatable bonds is 4. The van der Waals surface area contributed by atoms with E-state index in [9.17, 15) is 9.90 Å². The summed E-state index contributed by atoms with van der Waals surface area (Å²) in [6, 6.07) is 7.90. The highest BCUT2D eigenvalue weighted by Crippen LogP contribution is 2.10. The van der Waals surface area contributed by atoms with E-state index < -0.39 is 12.0 Å². The van der Waals surface area contributed by atoms with Crippen LogP contribution in [0.1, 0.15) is 17.5 Å². The molecule has 0 aromatic heterocycles. The molecule has 3 heteroatoms. The van der Waals surface area contributed by atoms with E-state index >= 15 is 0 Å². The minimum atomic E-state index is -1.03. The summed E-state index contributed by atoms with van der Waals surface area (Å²) in [5, 5.41) is 9.20. The van der Waals surface area contributed by atoms with Gasteiger partial charge in [0.05, 0.1) is 0 Å². The monoisotopic (exact) mass is 193 g/mol. The van der Waals surface area contributed by atoms with Crippen molar-refractivity contribution < 1.29 is 9.90 Å². The Hall–Kier alpha value is -1.35. The number of primary amides is 1. The second-order valence-corrected chi connectivity index (χ2v) is 3.38. The highest BCUT2D eigenvalue weighted by Gasteiger charge is 2.10. The van der Waals surface area contributed by atoms with E-state index in [0.717, 1.165) is 5.56 Å². The third-order valence-corrected chi connectivity index (χ3v) is 2.28. The summed E-state index contributed by atoms with van der Waals surface area (Å²) >= 11 is 0. The Labute approximate surface area is 83.6 Å². The highest BCUT2D eigenvalue weighted by molar-refractivity contribution is 5.78. The fourth-order valence-corrected chi connectivity index (χ4v) is 1.33. The fraction of sp³-hybridized carbons (Fsp3) is 0.364. The molecule has 1 rings (SSSR count). The average Bonchev–Trinajstić information content (AvgIpc) is 2.16. The minimum Gasteiger partial charge on any atom is -0.383 e. The Balaban J connectivity index is 2.54. The summed E-state index contributed by atoms with van der Waals surface area (Å²) in [5.74, 6) is -0.654. The second kappa shape index (κ2) is 4.77. The molecule has 0 saturated heterocycles. The number of benzene rings is 1. The first-order chi connectivity index (χ1) is 6.61. The predicted molar refractivity (Wildman–Crippen MR) is 54.7 cm³/mol. The molecule has 3 nitrogen and oxygen atoms in total. The number of hydrogen-bond acceptors (Lipinski definition) is 2. The van der Waals surface area contributed by atoms with Gasteiger partial charge in [0.25, 0.3) is 0 Å². The lowest BCUT2D eigenvalue weighted by Crippen LogP contribution is -2.28. The highest BCUT2D eigenvalue weighted by atomic mass is 16.3. The van der Waals surface area contributed by atoms with Crippen molar-refractivity contribution >= 4 is 5.91 Å². The number of aliphatic hydroxyl groups is 1. The van der Waals surface area contributed by atoms with Crippen LogP contribution in [0.25, 0.3) is 0 Å². The van der Waals surface area contributed by atoms with E-state index in [1.165, 1.54) is 5.56 Å². The van der Waals surface area contributed by atoms with E-state index in [1.807, 2.05) is 31.2 Å². The Morgan fingerprint density at radius 1 is 1.50 bits per heavy atom. The summed E-state index contributed by atoms with van der Waals surface area (Å²) < 4.78 is 0. The number of carbonyl (C=O) groups is 1. The summed E-state index contributed by atoms with van der Waals surface area (Å²) in [5.41, 5.74) is 7.27. The van der Waals surface area contributed by atoms with Crippen LogP contribution in [0.15, 0.2) is 24.3 Å². The first kappa shape index (κ1) is 10.7. The molecule has 14 heavy (non-hydrogen) atoms. The van der Waals surface area contributed by atoms with Gasteiger partial charge in [-0.2, -0.15) is 0 Å². The van der Waals surface area contributed by atoms with Crippen molar-refractivity contribution in [2.24, 2.45) is 5.73 Å². The van der Waals surface area contributed by atoms with E-state index in [-0.39, 0.29) is 0 Å². The second-order valence-electron chi connectivity index (χ2n) is 3.38. The van der Waals surface area contributed by atoms with Gasteiger partial charge in [-0.05, 0) is 30.9 Å². The van der Waals surface area contributed by atoms with Gasteiger partial charge in [-0.1, -0.05) is 24.3 Å². The first-order valence-corrected chi connectivity index (χ1v) is 4.63. The lowest BCUT2D eigenvalue weighted by Gasteiger charge is -2.07. The fourth-order valence-electron chi connectivity index (χ4n) is 1.33. The van der Waals surface area contributed by atoms with Gasteiger partial charge in [-0.25, -0.2) is 0 Å². The van der Waals surface area contributed by atoms with Crippen molar-refractivity contribution in [3.63, 3.8) is 0 Å². The topological polar surface area (TPSA) is 63.3 Å². The van der Waals surface area contributed by atoms with Gasteiger partial charge in [-0.3, -0.25) is 4.79 Å². The molecule has 0 aliphatic carbocycles. The molecular weight excluding hydrogens is 178 g/mol. The third kappa shape index (κ3) is 2.85. The molecule has 0 radical (unpaired) electrons. The van der Waals surface area contributed by atoms with Crippen LogP contribution < -0.4 is 5.73 Å². The van der Waals surface area contributed by atoms with Crippen molar-refractivity contribution in [1.29, 1.82) is 0 Å². The summed E-state index contributed by atoms with van der Waals surface area (Å²) in [4.78, 5) is 10.6. The number of amides is 1. The third-order valence-electron chi connectivity index (χ3n) is 2.28. The summed E-state index contributed by atoms with van der Waals surface area (Å²) in [7, 11) is 0. The van der Waals surface area contributed by atoms with E-state index in [2.05, 4.69) is 0 Å². The van der Waals surface area contributed by atoms with Gasteiger partial charge >= 0.3 is 0 Å². The molecule has 76 valence electrons. The van der Waals surface area contributed by atoms with Crippen LogP contribution in [-0.4, -0.2) is 17.1 Å². The van der Waals surface area contributed by atoms with Gasteiger partial charge in [-0.15, -0.1) is 0 Å². The van der Waals surface area contributed by atoms with Crippen molar-refractivity contribution in [3.05, 3.63) is 35.4 Å². The van der Waals surface area contributed by atoms with Crippen molar-refractivity contribution in [2.45, 2.75) is 25.9 Å². The molecule has 1 aromatic carbocycles. The van der Waals surface area contributed by atoms with Crippen LogP contribution in [0.3, 0.4) is 0 Å². The van der Waals surface area contributed by atoms with Crippen LogP contribution in [-0.2, 0) is 11.2 Å². The Bertz CT molecular complexity index is 323. The Kier molecular flexibility index (Phi) is 3.65. The van der Waals surface area contributed by atoms with Crippen molar-refractivity contribution in [3.8, 4) is 0 Å². The summed E-state index contributed by atoms with van der Waals surface area (Å²) in [6.07, 6.45) is 0.0337. The number of hydrogen-bond donors (Lipinski definition) is 2. The van der Waals surface area contributed by atoms with Gasteiger partial charge < -0.3 is 10.8 Å². The standard InChI is InChI=1S/C11H15NO2/c1-8-4-2-3-5-9(8)6-7-10(13)11(12)14/h2-5,10,13H,6-7H2,1H3,(H2,12,14). The number of aryl methyl sites for hydroxylation is 2. The minimum absolute atomic E-state index is 0.389. The molecule has 1 atom stereocenters. The SMILES string of the molecule is Cc1ccccc1CCC(O)C(N)=O. The molecule has 0 aliphatic heterocycles. The molecule has 0 aliphatic rings. The zero-order chi connectivity index (χ0) is 10.6. The van der Waals surface area contributed by atoms with Crippen LogP contribution in [0.5, 0.6) is 0 Å². The maximum atomic E-state index is 10.6. The number of nitrogens with two attached hydrogens (primary N) is 1. The average molecular weight is 193 g/mol. The van der Waals surface area contributed by atoms with Crippen LogP contribution >= 0.6 is 0 Å². The van der Waals surface area contributed by atoms with Gasteiger partial charge in [0.1, 0.15) is 6.10 Å². The number of aliphatic hydroxyl groups excluding tert-OH is 1. The van der Waals surface area contributed by atoms with Gasteiger partial charge in [0, 0.05) is 0 Å². The summed E-state index contributed by atoms with van der Waals surface area (Å²) in [6.45, 7) is 2.01. The zero-order valence-corrected chi connectivity index (χ0v) is 8.23. The maximum Gasteiger partial charge on any atom is 0.246 e. The molecule has 0 heterocycles. The molecule has 1 unspecified atom stereocenters. The van der Waals surface area contributed by atoms with Crippen LogP contribution in [0.2, 0.25) is 0 Å². The zero-order valence-electron chi connectivity index (χ0n) is 8.23. The van der Waals surface area contributed by atoms with Crippen LogP contribution in [0.4, 0.5) is 0 Å². The quantitative estimate of drug-likeness (QED) is 0.742. The molecule has 1 aromatic rings. The Morgan fingerprint density at radius 3 is 2.71 bits per heavy atom. The molecule has 1 amide bonds. The van der Waals surface area contributed by atoms with Gasteiger partial charge in [0.2, 0.25) is 5.91 Å². The molecule has 0 spiro atoms. The molecule has 0 fully saturated rings.